The molecule has 1 aliphatic heterocycles. The number of rotatable bonds is 7. The van der Waals surface area contributed by atoms with Crippen LogP contribution in [0, 0.1) is 6.92 Å². The lowest BCUT2D eigenvalue weighted by molar-refractivity contribution is 0.0599. The lowest BCUT2D eigenvalue weighted by atomic mass is 10.0. The zero-order valence-electron chi connectivity index (χ0n) is 16.0. The van der Waals surface area contributed by atoms with Gasteiger partial charge in [-0.05, 0) is 31.7 Å². The van der Waals surface area contributed by atoms with Crippen molar-refractivity contribution in [3.05, 3.63) is 34.9 Å². The van der Waals surface area contributed by atoms with E-state index in [-0.39, 0.29) is 12.0 Å². The van der Waals surface area contributed by atoms with Crippen molar-refractivity contribution >= 4 is 17.6 Å². The standard InChI is InChI=1S/C19H26N4O4/c1-4-6-15-16(19(25)26-3)12(2)21-17(15)18(24)22-13-9-20-23(10-13)11-14-7-5-8-27-14/h9-10,14,21H,4-8,11H2,1-3H3,(H,22,24). The van der Waals surface area contributed by atoms with E-state index in [9.17, 15) is 9.59 Å². The summed E-state index contributed by atoms with van der Waals surface area (Å²) in [5, 5.41) is 7.14. The van der Waals surface area contributed by atoms with Gasteiger partial charge in [-0.15, -0.1) is 0 Å². The van der Waals surface area contributed by atoms with Crippen LogP contribution in [-0.2, 0) is 22.4 Å². The van der Waals surface area contributed by atoms with Crippen molar-refractivity contribution in [3.63, 3.8) is 0 Å². The van der Waals surface area contributed by atoms with Crippen molar-refractivity contribution in [2.24, 2.45) is 0 Å². The molecular formula is C19H26N4O4. The van der Waals surface area contributed by atoms with Crippen LogP contribution in [0.4, 0.5) is 5.69 Å². The first kappa shape index (κ1) is 19.2. The van der Waals surface area contributed by atoms with Crippen molar-refractivity contribution in [3.8, 4) is 0 Å². The molecule has 1 aliphatic rings. The highest BCUT2D eigenvalue weighted by molar-refractivity contribution is 6.06. The third-order valence-corrected chi connectivity index (χ3v) is 4.71. The van der Waals surface area contributed by atoms with Crippen molar-refractivity contribution in [2.45, 2.75) is 52.2 Å². The third kappa shape index (κ3) is 4.21. The number of methoxy groups -OCH3 is 1. The second-order valence-electron chi connectivity index (χ2n) is 6.76. The first-order valence-corrected chi connectivity index (χ1v) is 9.28. The molecule has 1 atom stereocenters. The van der Waals surface area contributed by atoms with Crippen molar-refractivity contribution in [1.82, 2.24) is 14.8 Å². The van der Waals surface area contributed by atoms with Crippen molar-refractivity contribution in [2.75, 3.05) is 19.0 Å². The topological polar surface area (TPSA) is 98.2 Å². The summed E-state index contributed by atoms with van der Waals surface area (Å²) in [6.45, 7) is 5.23. The summed E-state index contributed by atoms with van der Waals surface area (Å²) in [5.74, 6) is -0.732. The summed E-state index contributed by atoms with van der Waals surface area (Å²) in [6.07, 6.45) is 7.10. The number of anilines is 1. The number of nitrogens with zero attached hydrogens (tertiary/aromatic N) is 2. The minimum atomic E-state index is -0.435. The van der Waals surface area contributed by atoms with E-state index in [1.807, 2.05) is 6.92 Å². The Morgan fingerprint density at radius 3 is 2.96 bits per heavy atom. The molecule has 2 N–H and O–H groups in total. The van der Waals surface area contributed by atoms with E-state index in [0.29, 0.717) is 41.2 Å². The molecule has 0 saturated carbocycles. The van der Waals surface area contributed by atoms with Crippen LogP contribution in [0.15, 0.2) is 12.4 Å². The normalized spacial score (nSPS) is 16.5. The average molecular weight is 374 g/mol. The minimum Gasteiger partial charge on any atom is -0.465 e. The number of hydrogen-bond acceptors (Lipinski definition) is 5. The number of carbonyl (C=O) groups excluding carboxylic acids is 2. The highest BCUT2D eigenvalue weighted by Crippen LogP contribution is 2.23. The number of aromatic nitrogens is 3. The molecule has 0 radical (unpaired) electrons. The summed E-state index contributed by atoms with van der Waals surface area (Å²) >= 11 is 0. The van der Waals surface area contributed by atoms with Crippen LogP contribution >= 0.6 is 0 Å². The van der Waals surface area contributed by atoms with Gasteiger partial charge < -0.3 is 19.8 Å². The monoisotopic (exact) mass is 374 g/mol. The van der Waals surface area contributed by atoms with Gasteiger partial charge in [-0.2, -0.15) is 5.10 Å². The van der Waals surface area contributed by atoms with E-state index in [1.165, 1.54) is 7.11 Å². The predicted molar refractivity (Wildman–Crippen MR) is 100 cm³/mol. The molecule has 2 aromatic heterocycles. The molecule has 0 aromatic carbocycles. The Hall–Kier alpha value is -2.61. The van der Waals surface area contributed by atoms with Gasteiger partial charge in [-0.1, -0.05) is 13.3 Å². The Kier molecular flexibility index (Phi) is 5.95. The number of H-pyrrole nitrogens is 1. The SMILES string of the molecule is CCCc1c(C(=O)Nc2cnn(CC3CCCO3)c2)[nH]c(C)c1C(=O)OC. The molecule has 0 bridgehead atoms. The van der Waals surface area contributed by atoms with Gasteiger partial charge >= 0.3 is 5.97 Å². The van der Waals surface area contributed by atoms with E-state index in [1.54, 1.807) is 24.0 Å². The van der Waals surface area contributed by atoms with Crippen LogP contribution in [0.3, 0.4) is 0 Å². The maximum atomic E-state index is 12.8. The highest BCUT2D eigenvalue weighted by atomic mass is 16.5. The lowest BCUT2D eigenvalue weighted by Gasteiger charge is -2.08. The lowest BCUT2D eigenvalue weighted by Crippen LogP contribution is -2.16. The number of aryl methyl sites for hydroxylation is 1. The van der Waals surface area contributed by atoms with Crippen molar-refractivity contribution < 1.29 is 19.1 Å². The van der Waals surface area contributed by atoms with Crippen LogP contribution < -0.4 is 5.32 Å². The molecule has 8 nitrogen and oxygen atoms in total. The molecule has 0 spiro atoms. The second kappa shape index (κ2) is 8.39. The van der Waals surface area contributed by atoms with Gasteiger partial charge in [-0.25, -0.2) is 4.79 Å². The number of carbonyl (C=O) groups is 2. The molecule has 0 aliphatic carbocycles. The predicted octanol–water partition coefficient (Wildman–Crippen LogP) is 2.69. The quantitative estimate of drug-likeness (QED) is 0.726. The van der Waals surface area contributed by atoms with E-state index in [0.717, 1.165) is 25.9 Å². The molecule has 27 heavy (non-hydrogen) atoms. The summed E-state index contributed by atoms with van der Waals surface area (Å²) < 4.78 is 12.3. The molecule has 3 heterocycles. The Morgan fingerprint density at radius 1 is 1.48 bits per heavy atom. The van der Waals surface area contributed by atoms with Gasteiger partial charge in [0.15, 0.2) is 0 Å². The molecule has 1 saturated heterocycles. The van der Waals surface area contributed by atoms with E-state index in [4.69, 9.17) is 9.47 Å². The van der Waals surface area contributed by atoms with Gasteiger partial charge in [0.2, 0.25) is 0 Å². The summed E-state index contributed by atoms with van der Waals surface area (Å²) in [4.78, 5) is 27.9. The van der Waals surface area contributed by atoms with Crippen LogP contribution in [-0.4, -0.2) is 46.5 Å². The number of aromatic amines is 1. The molecular weight excluding hydrogens is 348 g/mol. The van der Waals surface area contributed by atoms with Gasteiger partial charge in [0.25, 0.3) is 5.91 Å². The molecule has 146 valence electrons. The van der Waals surface area contributed by atoms with Crippen LogP contribution in [0.2, 0.25) is 0 Å². The van der Waals surface area contributed by atoms with Gasteiger partial charge in [-0.3, -0.25) is 9.48 Å². The third-order valence-electron chi connectivity index (χ3n) is 4.71. The average Bonchev–Trinajstić information content (AvgIpc) is 3.37. The van der Waals surface area contributed by atoms with Crippen molar-refractivity contribution in [1.29, 1.82) is 0 Å². The molecule has 1 amide bonds. The number of amides is 1. The van der Waals surface area contributed by atoms with Crippen LogP contribution in [0.5, 0.6) is 0 Å². The smallest absolute Gasteiger partial charge is 0.339 e. The highest BCUT2D eigenvalue weighted by Gasteiger charge is 2.25. The zero-order chi connectivity index (χ0) is 19.4. The van der Waals surface area contributed by atoms with Gasteiger partial charge in [0, 0.05) is 18.5 Å². The van der Waals surface area contributed by atoms with Gasteiger partial charge in [0.1, 0.15) is 5.69 Å². The fraction of sp³-hybridized carbons (Fsp3) is 0.526. The molecule has 2 aromatic rings. The Balaban J connectivity index is 1.76. The zero-order valence-corrected chi connectivity index (χ0v) is 16.0. The van der Waals surface area contributed by atoms with Crippen LogP contribution in [0.25, 0.3) is 0 Å². The minimum absolute atomic E-state index is 0.179. The fourth-order valence-electron chi connectivity index (χ4n) is 3.47. The first-order chi connectivity index (χ1) is 13.0. The van der Waals surface area contributed by atoms with Crippen LogP contribution in [0.1, 0.15) is 58.3 Å². The number of ether oxygens (including phenoxy) is 2. The Labute approximate surface area is 158 Å². The van der Waals surface area contributed by atoms with Gasteiger partial charge in [0.05, 0.1) is 37.2 Å². The number of hydrogen-bond donors (Lipinski definition) is 2. The molecule has 3 rings (SSSR count). The molecule has 8 heteroatoms. The van der Waals surface area contributed by atoms with E-state index in [2.05, 4.69) is 15.4 Å². The summed E-state index contributed by atoms with van der Waals surface area (Å²) in [7, 11) is 1.34. The van der Waals surface area contributed by atoms with E-state index >= 15 is 0 Å². The molecule has 1 unspecified atom stereocenters. The molecule has 1 fully saturated rings. The number of esters is 1. The maximum Gasteiger partial charge on any atom is 0.339 e. The second-order valence-corrected chi connectivity index (χ2v) is 6.76. The Bertz CT molecular complexity index is 818. The fourth-order valence-corrected chi connectivity index (χ4v) is 3.47. The summed E-state index contributed by atoms with van der Waals surface area (Å²) in [5.41, 5.74) is 2.75. The Morgan fingerprint density at radius 2 is 2.30 bits per heavy atom. The summed E-state index contributed by atoms with van der Waals surface area (Å²) in [6, 6.07) is 0. The largest absolute Gasteiger partial charge is 0.465 e. The number of nitrogens with one attached hydrogen (secondary N) is 2. The van der Waals surface area contributed by atoms with E-state index < -0.39 is 5.97 Å². The first-order valence-electron chi connectivity index (χ1n) is 9.28. The maximum absolute atomic E-state index is 12.8.